The Labute approximate surface area is 168 Å². The normalized spacial score (nSPS) is 11.6. The molecule has 0 atom stereocenters. The number of rotatable bonds is 7. The fraction of sp³-hybridized carbons (Fsp3) is 0.133. The number of hydrogen-bond donors (Lipinski definition) is 4. The minimum absolute atomic E-state index is 0.0734. The standard InChI is InChI=1S/C15H17ClN4O4S3/c16-11-1-3-12(4-2-11)19-15(25)18-9-10-26(21,22)20-13-5-7-14(8-6-13)27(17,23)24/h1-8,20H,9-10H2,(H2,17,23,24)(H2,18,19,25). The predicted molar refractivity (Wildman–Crippen MR) is 111 cm³/mol. The highest BCUT2D eigenvalue weighted by atomic mass is 35.5. The number of thiocarbonyl (C=S) groups is 1. The molecule has 2 aromatic rings. The van der Waals surface area contributed by atoms with Gasteiger partial charge in [0.1, 0.15) is 0 Å². The van der Waals surface area contributed by atoms with Crippen molar-refractivity contribution in [2.45, 2.75) is 4.90 Å². The van der Waals surface area contributed by atoms with Gasteiger partial charge in [0.15, 0.2) is 5.11 Å². The van der Waals surface area contributed by atoms with Gasteiger partial charge in [-0.3, -0.25) is 4.72 Å². The van der Waals surface area contributed by atoms with Crippen molar-refractivity contribution in [2.24, 2.45) is 5.14 Å². The van der Waals surface area contributed by atoms with Crippen LogP contribution in [-0.4, -0.2) is 34.2 Å². The molecule has 0 fully saturated rings. The van der Waals surface area contributed by atoms with E-state index in [2.05, 4.69) is 15.4 Å². The average Bonchev–Trinajstić information content (AvgIpc) is 2.56. The minimum atomic E-state index is -3.83. The van der Waals surface area contributed by atoms with Crippen molar-refractivity contribution in [3.05, 3.63) is 53.6 Å². The van der Waals surface area contributed by atoms with Crippen LogP contribution < -0.4 is 20.5 Å². The van der Waals surface area contributed by atoms with Crippen LogP contribution in [0.3, 0.4) is 0 Å². The quantitative estimate of drug-likeness (QED) is 0.474. The first-order valence-electron chi connectivity index (χ1n) is 7.49. The summed E-state index contributed by atoms with van der Waals surface area (Å²) in [6.45, 7) is 0.0734. The zero-order valence-electron chi connectivity index (χ0n) is 13.8. The number of hydrogen-bond acceptors (Lipinski definition) is 5. The van der Waals surface area contributed by atoms with Crippen LogP contribution in [0, 0.1) is 0 Å². The van der Waals surface area contributed by atoms with Gasteiger partial charge in [-0.05, 0) is 60.7 Å². The summed E-state index contributed by atoms with van der Waals surface area (Å²) < 4.78 is 48.9. The Kier molecular flexibility index (Phi) is 7.00. The first-order chi connectivity index (χ1) is 12.5. The lowest BCUT2D eigenvalue weighted by molar-refractivity contribution is 0.597. The molecule has 2 rings (SSSR count). The summed E-state index contributed by atoms with van der Waals surface area (Å²) >= 11 is 10.9. The van der Waals surface area contributed by atoms with Crippen LogP contribution in [0.15, 0.2) is 53.4 Å². The molecule has 146 valence electrons. The van der Waals surface area contributed by atoms with Gasteiger partial charge in [-0.25, -0.2) is 22.0 Å². The molecular formula is C15H17ClN4O4S3. The van der Waals surface area contributed by atoms with Crippen LogP contribution in [0.5, 0.6) is 0 Å². The molecule has 0 saturated heterocycles. The maximum atomic E-state index is 12.1. The largest absolute Gasteiger partial charge is 0.361 e. The van der Waals surface area contributed by atoms with E-state index in [0.29, 0.717) is 10.7 Å². The highest BCUT2D eigenvalue weighted by Gasteiger charge is 2.12. The molecule has 5 N–H and O–H groups in total. The average molecular weight is 449 g/mol. The summed E-state index contributed by atoms with van der Waals surface area (Å²) in [5, 5.41) is 11.5. The maximum absolute atomic E-state index is 12.1. The lowest BCUT2D eigenvalue weighted by atomic mass is 10.3. The molecule has 0 amide bonds. The summed E-state index contributed by atoms with van der Waals surface area (Å²) in [4.78, 5) is -0.106. The lowest BCUT2D eigenvalue weighted by Crippen LogP contribution is -2.34. The zero-order valence-corrected chi connectivity index (χ0v) is 17.1. The van der Waals surface area contributed by atoms with E-state index >= 15 is 0 Å². The van der Waals surface area contributed by atoms with Gasteiger partial charge in [0.25, 0.3) is 0 Å². The van der Waals surface area contributed by atoms with Crippen molar-refractivity contribution in [1.82, 2.24) is 5.32 Å². The molecule has 0 saturated carbocycles. The van der Waals surface area contributed by atoms with Crippen LogP contribution in [-0.2, 0) is 20.0 Å². The van der Waals surface area contributed by atoms with Crippen LogP contribution in [0.25, 0.3) is 0 Å². The van der Waals surface area contributed by atoms with E-state index in [1.165, 1.54) is 24.3 Å². The van der Waals surface area contributed by atoms with Crippen molar-refractivity contribution in [3.8, 4) is 0 Å². The Balaban J connectivity index is 1.83. The maximum Gasteiger partial charge on any atom is 0.238 e. The van der Waals surface area contributed by atoms with E-state index in [1.54, 1.807) is 24.3 Å². The van der Waals surface area contributed by atoms with Gasteiger partial charge in [-0.2, -0.15) is 0 Å². The van der Waals surface area contributed by atoms with Crippen molar-refractivity contribution in [3.63, 3.8) is 0 Å². The summed E-state index contributed by atoms with van der Waals surface area (Å²) in [6, 6.07) is 11.9. The van der Waals surface area contributed by atoms with Gasteiger partial charge in [-0.15, -0.1) is 0 Å². The highest BCUT2D eigenvalue weighted by molar-refractivity contribution is 7.92. The Morgan fingerprint density at radius 2 is 1.52 bits per heavy atom. The Morgan fingerprint density at radius 3 is 2.07 bits per heavy atom. The summed E-state index contributed by atoms with van der Waals surface area (Å²) in [7, 11) is -7.49. The number of primary sulfonamides is 1. The molecule has 0 unspecified atom stereocenters. The lowest BCUT2D eigenvalue weighted by Gasteiger charge is -2.12. The van der Waals surface area contributed by atoms with E-state index < -0.39 is 20.0 Å². The van der Waals surface area contributed by atoms with Crippen LogP contribution >= 0.6 is 23.8 Å². The fourth-order valence-corrected chi connectivity index (χ4v) is 3.78. The SMILES string of the molecule is NS(=O)(=O)c1ccc(NS(=O)(=O)CCNC(=S)Nc2ccc(Cl)cc2)cc1. The molecule has 12 heteroatoms. The van der Waals surface area contributed by atoms with E-state index in [4.69, 9.17) is 29.0 Å². The first-order valence-corrected chi connectivity index (χ1v) is 11.5. The van der Waals surface area contributed by atoms with E-state index in [-0.39, 0.29) is 28.0 Å². The molecule has 0 aromatic heterocycles. The Bertz CT molecular complexity index is 1010. The number of benzene rings is 2. The highest BCUT2D eigenvalue weighted by Crippen LogP contribution is 2.14. The summed E-state index contributed by atoms with van der Waals surface area (Å²) in [6.07, 6.45) is 0. The number of halogens is 1. The number of nitrogens with two attached hydrogens (primary N) is 1. The smallest absolute Gasteiger partial charge is 0.238 e. The van der Waals surface area contributed by atoms with Crippen LogP contribution in [0.4, 0.5) is 11.4 Å². The molecule has 0 aliphatic heterocycles. The molecule has 0 radical (unpaired) electrons. The second kappa shape index (κ2) is 8.85. The zero-order chi connectivity index (χ0) is 20.1. The van der Waals surface area contributed by atoms with Gasteiger partial charge in [0.05, 0.1) is 10.6 Å². The third-order valence-electron chi connectivity index (χ3n) is 3.21. The van der Waals surface area contributed by atoms with Gasteiger partial charge < -0.3 is 10.6 Å². The van der Waals surface area contributed by atoms with E-state index in [1.807, 2.05) is 0 Å². The number of nitrogens with one attached hydrogen (secondary N) is 3. The molecule has 8 nitrogen and oxygen atoms in total. The van der Waals surface area contributed by atoms with E-state index in [9.17, 15) is 16.8 Å². The molecule has 0 bridgehead atoms. The minimum Gasteiger partial charge on any atom is -0.361 e. The van der Waals surface area contributed by atoms with Gasteiger partial charge >= 0.3 is 0 Å². The molecule has 0 spiro atoms. The topological polar surface area (TPSA) is 130 Å². The van der Waals surface area contributed by atoms with Crippen molar-refractivity contribution >= 4 is 60.4 Å². The van der Waals surface area contributed by atoms with Gasteiger partial charge in [0, 0.05) is 22.9 Å². The molecule has 2 aromatic carbocycles. The summed E-state index contributed by atoms with van der Waals surface area (Å²) in [5.74, 6) is -0.244. The first kappa shape index (κ1) is 21.4. The molecular weight excluding hydrogens is 432 g/mol. The number of anilines is 2. The van der Waals surface area contributed by atoms with Crippen LogP contribution in [0.2, 0.25) is 5.02 Å². The second-order valence-corrected chi connectivity index (χ2v) is 9.63. The van der Waals surface area contributed by atoms with E-state index in [0.717, 1.165) is 0 Å². The van der Waals surface area contributed by atoms with Crippen molar-refractivity contribution < 1.29 is 16.8 Å². The van der Waals surface area contributed by atoms with Gasteiger partial charge in [0.2, 0.25) is 20.0 Å². The summed E-state index contributed by atoms with van der Waals surface area (Å²) in [5.41, 5.74) is 0.942. The Hall–Kier alpha value is -1.92. The monoisotopic (exact) mass is 448 g/mol. The van der Waals surface area contributed by atoms with Crippen molar-refractivity contribution in [2.75, 3.05) is 22.3 Å². The molecule has 0 aliphatic carbocycles. The molecule has 0 aliphatic rings. The fourth-order valence-electron chi connectivity index (χ4n) is 1.95. The van der Waals surface area contributed by atoms with Gasteiger partial charge in [-0.1, -0.05) is 11.6 Å². The molecule has 0 heterocycles. The predicted octanol–water partition coefficient (Wildman–Crippen LogP) is 1.72. The van der Waals surface area contributed by atoms with Crippen molar-refractivity contribution in [1.29, 1.82) is 0 Å². The third-order valence-corrected chi connectivity index (χ3v) is 5.93. The second-order valence-electron chi connectivity index (χ2n) is 5.38. The van der Waals surface area contributed by atoms with Crippen LogP contribution in [0.1, 0.15) is 0 Å². The molecule has 27 heavy (non-hydrogen) atoms. The Morgan fingerprint density at radius 1 is 0.963 bits per heavy atom. The third kappa shape index (κ3) is 7.31. The number of sulfonamides is 2.